The molecule has 0 amide bonds. The monoisotopic (exact) mass is 267 g/mol. The van der Waals surface area contributed by atoms with Crippen LogP contribution in [0.15, 0.2) is 0 Å². The highest BCUT2D eigenvalue weighted by Gasteiger charge is 2.21. The maximum Gasteiger partial charge on any atom is 0.360 e. The zero-order chi connectivity index (χ0) is 13.7. The zero-order valence-electron chi connectivity index (χ0n) is 11.6. The number of carbonyl (C=O) groups is 1. The molecule has 0 bridgehead atoms. The van der Waals surface area contributed by atoms with Crippen LogP contribution in [0.1, 0.15) is 41.9 Å². The molecule has 106 valence electrons. The number of rotatable bonds is 6. The predicted molar refractivity (Wildman–Crippen MR) is 68.9 cm³/mol. The third-order valence-electron chi connectivity index (χ3n) is 3.60. The van der Waals surface area contributed by atoms with Crippen molar-refractivity contribution in [1.82, 2.24) is 15.0 Å². The van der Waals surface area contributed by atoms with Crippen LogP contribution in [-0.4, -0.2) is 41.3 Å². The molecule has 19 heavy (non-hydrogen) atoms. The van der Waals surface area contributed by atoms with Gasteiger partial charge in [-0.3, -0.25) is 0 Å². The first-order valence-corrected chi connectivity index (χ1v) is 6.78. The standard InChI is InChI=1S/C13H21N3O3/c1-10-12(13(17)19-8-7-18-2)14-15-16(10)9-11-5-3-4-6-11/h11H,3-9H2,1-2H3. The van der Waals surface area contributed by atoms with Crippen LogP contribution in [0, 0.1) is 12.8 Å². The van der Waals surface area contributed by atoms with Gasteiger partial charge in [0.2, 0.25) is 0 Å². The van der Waals surface area contributed by atoms with Gasteiger partial charge in [0.1, 0.15) is 6.61 Å². The number of nitrogens with zero attached hydrogens (tertiary/aromatic N) is 3. The van der Waals surface area contributed by atoms with Crippen molar-refractivity contribution in [3.05, 3.63) is 11.4 Å². The molecule has 1 fully saturated rings. The van der Waals surface area contributed by atoms with Crippen LogP contribution in [-0.2, 0) is 16.0 Å². The fourth-order valence-corrected chi connectivity index (χ4v) is 2.45. The number of aromatic nitrogens is 3. The molecule has 0 radical (unpaired) electrons. The Labute approximate surface area is 113 Å². The van der Waals surface area contributed by atoms with Gasteiger partial charge in [0.25, 0.3) is 0 Å². The van der Waals surface area contributed by atoms with E-state index in [9.17, 15) is 4.79 Å². The van der Waals surface area contributed by atoms with Gasteiger partial charge in [-0.15, -0.1) is 5.10 Å². The fraction of sp³-hybridized carbons (Fsp3) is 0.769. The van der Waals surface area contributed by atoms with Crippen molar-refractivity contribution in [2.24, 2.45) is 5.92 Å². The summed E-state index contributed by atoms with van der Waals surface area (Å²) in [6.45, 7) is 3.34. The van der Waals surface area contributed by atoms with Crippen LogP contribution >= 0.6 is 0 Å². The normalized spacial score (nSPS) is 15.9. The van der Waals surface area contributed by atoms with Crippen molar-refractivity contribution in [2.75, 3.05) is 20.3 Å². The molecule has 0 aliphatic heterocycles. The second kappa shape index (κ2) is 6.65. The number of carbonyl (C=O) groups excluding carboxylic acids is 1. The average Bonchev–Trinajstić information content (AvgIpc) is 3.02. The van der Waals surface area contributed by atoms with E-state index in [1.165, 1.54) is 25.7 Å². The second-order valence-electron chi connectivity index (χ2n) is 4.98. The minimum atomic E-state index is -0.424. The van der Waals surface area contributed by atoms with Crippen LogP contribution in [0.2, 0.25) is 0 Å². The average molecular weight is 267 g/mol. The minimum Gasteiger partial charge on any atom is -0.458 e. The molecular weight excluding hydrogens is 246 g/mol. The van der Waals surface area contributed by atoms with E-state index < -0.39 is 5.97 Å². The molecule has 1 aliphatic carbocycles. The number of ether oxygens (including phenoxy) is 2. The summed E-state index contributed by atoms with van der Waals surface area (Å²) in [6, 6.07) is 0. The van der Waals surface area contributed by atoms with Gasteiger partial charge < -0.3 is 9.47 Å². The molecule has 1 saturated carbocycles. The molecule has 1 heterocycles. The number of methoxy groups -OCH3 is 1. The van der Waals surface area contributed by atoms with Crippen LogP contribution in [0.5, 0.6) is 0 Å². The van der Waals surface area contributed by atoms with Gasteiger partial charge in [0.05, 0.1) is 12.3 Å². The molecule has 0 spiro atoms. The van der Waals surface area contributed by atoms with Gasteiger partial charge in [0.15, 0.2) is 5.69 Å². The lowest BCUT2D eigenvalue weighted by molar-refractivity contribution is 0.0380. The van der Waals surface area contributed by atoms with Crippen molar-refractivity contribution in [2.45, 2.75) is 39.2 Å². The van der Waals surface area contributed by atoms with E-state index in [-0.39, 0.29) is 6.61 Å². The molecule has 2 rings (SSSR count). The van der Waals surface area contributed by atoms with Gasteiger partial charge in [-0.25, -0.2) is 9.48 Å². The van der Waals surface area contributed by atoms with E-state index in [0.717, 1.165) is 12.2 Å². The molecule has 6 heteroatoms. The lowest BCUT2D eigenvalue weighted by Gasteiger charge is -2.09. The van der Waals surface area contributed by atoms with Gasteiger partial charge >= 0.3 is 5.97 Å². The lowest BCUT2D eigenvalue weighted by atomic mass is 10.1. The summed E-state index contributed by atoms with van der Waals surface area (Å²) in [6.07, 6.45) is 5.08. The van der Waals surface area contributed by atoms with Crippen LogP contribution in [0.25, 0.3) is 0 Å². The highest BCUT2D eigenvalue weighted by atomic mass is 16.6. The Morgan fingerprint density at radius 3 is 2.79 bits per heavy atom. The Hall–Kier alpha value is -1.43. The first kappa shape index (κ1) is 14.0. The SMILES string of the molecule is COCCOC(=O)c1nnn(CC2CCCC2)c1C. The molecule has 0 N–H and O–H groups in total. The molecular formula is C13H21N3O3. The Bertz CT molecular complexity index is 425. The van der Waals surface area contributed by atoms with E-state index in [4.69, 9.17) is 9.47 Å². The van der Waals surface area contributed by atoms with Gasteiger partial charge in [-0.05, 0) is 25.7 Å². The first-order chi connectivity index (χ1) is 9.22. The van der Waals surface area contributed by atoms with E-state index in [2.05, 4.69) is 10.3 Å². The highest BCUT2D eigenvalue weighted by molar-refractivity contribution is 5.88. The molecule has 1 aliphatic rings. The predicted octanol–water partition coefficient (Wildman–Crippen LogP) is 1.58. The van der Waals surface area contributed by atoms with Crippen molar-refractivity contribution in [3.63, 3.8) is 0 Å². The van der Waals surface area contributed by atoms with Gasteiger partial charge in [-0.2, -0.15) is 0 Å². The zero-order valence-corrected chi connectivity index (χ0v) is 11.6. The number of hydrogen-bond acceptors (Lipinski definition) is 5. The summed E-state index contributed by atoms with van der Waals surface area (Å²) < 4.78 is 11.7. The Kier molecular flexibility index (Phi) is 4.90. The molecule has 6 nitrogen and oxygen atoms in total. The quantitative estimate of drug-likeness (QED) is 0.578. The molecule has 0 atom stereocenters. The topological polar surface area (TPSA) is 66.2 Å². The lowest BCUT2D eigenvalue weighted by Crippen LogP contribution is -2.13. The van der Waals surface area contributed by atoms with E-state index in [1.54, 1.807) is 7.11 Å². The Balaban J connectivity index is 1.94. The number of hydrogen-bond donors (Lipinski definition) is 0. The number of esters is 1. The maximum absolute atomic E-state index is 11.8. The van der Waals surface area contributed by atoms with Crippen molar-refractivity contribution < 1.29 is 14.3 Å². The van der Waals surface area contributed by atoms with Gasteiger partial charge in [0, 0.05) is 13.7 Å². The van der Waals surface area contributed by atoms with E-state index in [0.29, 0.717) is 18.2 Å². The van der Waals surface area contributed by atoms with E-state index in [1.807, 2.05) is 11.6 Å². The van der Waals surface area contributed by atoms with Crippen LogP contribution < -0.4 is 0 Å². The van der Waals surface area contributed by atoms with Crippen molar-refractivity contribution in [3.8, 4) is 0 Å². The molecule has 0 unspecified atom stereocenters. The van der Waals surface area contributed by atoms with Crippen LogP contribution in [0.4, 0.5) is 0 Å². The summed E-state index contributed by atoms with van der Waals surface area (Å²) in [7, 11) is 1.57. The summed E-state index contributed by atoms with van der Waals surface area (Å²) >= 11 is 0. The molecule has 0 aromatic carbocycles. The molecule has 0 saturated heterocycles. The van der Waals surface area contributed by atoms with Crippen LogP contribution in [0.3, 0.4) is 0 Å². The van der Waals surface area contributed by atoms with E-state index >= 15 is 0 Å². The summed E-state index contributed by atoms with van der Waals surface area (Å²) in [5.41, 5.74) is 1.10. The Morgan fingerprint density at radius 2 is 2.11 bits per heavy atom. The fourth-order valence-electron chi connectivity index (χ4n) is 2.45. The highest BCUT2D eigenvalue weighted by Crippen LogP contribution is 2.26. The second-order valence-corrected chi connectivity index (χ2v) is 4.98. The summed E-state index contributed by atoms with van der Waals surface area (Å²) in [4.78, 5) is 11.8. The largest absolute Gasteiger partial charge is 0.458 e. The smallest absolute Gasteiger partial charge is 0.360 e. The molecule has 1 aromatic heterocycles. The van der Waals surface area contributed by atoms with Crippen molar-refractivity contribution in [1.29, 1.82) is 0 Å². The summed E-state index contributed by atoms with van der Waals surface area (Å²) in [5.74, 6) is 0.241. The first-order valence-electron chi connectivity index (χ1n) is 6.78. The third kappa shape index (κ3) is 3.53. The van der Waals surface area contributed by atoms with Gasteiger partial charge in [-0.1, -0.05) is 18.1 Å². The minimum absolute atomic E-state index is 0.240. The maximum atomic E-state index is 11.8. The molecule has 1 aromatic rings. The van der Waals surface area contributed by atoms with Crippen molar-refractivity contribution >= 4 is 5.97 Å². The summed E-state index contributed by atoms with van der Waals surface area (Å²) in [5, 5.41) is 8.00. The Morgan fingerprint density at radius 1 is 1.37 bits per heavy atom. The third-order valence-corrected chi connectivity index (χ3v) is 3.60.